The lowest BCUT2D eigenvalue weighted by Crippen LogP contribution is -2.35. The Balaban J connectivity index is 1.83. The molecule has 0 spiro atoms. The number of rotatable bonds is 5. The molecule has 1 aliphatic heterocycles. The number of Topliss-reactive ketones (excluding diaryl/α,β-unsaturated/α-hetero) is 1. The first-order valence-electron chi connectivity index (χ1n) is 10.5. The van der Waals surface area contributed by atoms with Crippen LogP contribution < -0.4 is 20.1 Å². The molecule has 2 aliphatic rings. The van der Waals surface area contributed by atoms with E-state index in [0.717, 1.165) is 24.1 Å². The number of ether oxygens (including phenoxy) is 2. The summed E-state index contributed by atoms with van der Waals surface area (Å²) in [5.74, 6) is -0.551. The van der Waals surface area contributed by atoms with Gasteiger partial charge in [-0.25, -0.2) is 4.39 Å². The number of halogens is 1. The molecule has 4 rings (SSSR count). The van der Waals surface area contributed by atoms with Gasteiger partial charge < -0.3 is 20.1 Å². The summed E-state index contributed by atoms with van der Waals surface area (Å²) in [6.45, 7) is 1.80. The van der Waals surface area contributed by atoms with Gasteiger partial charge in [0.1, 0.15) is 5.82 Å². The van der Waals surface area contributed by atoms with Gasteiger partial charge in [-0.2, -0.15) is 0 Å². The second-order valence-corrected chi connectivity index (χ2v) is 7.81. The normalized spacial score (nSPS) is 18.1. The van der Waals surface area contributed by atoms with Crippen molar-refractivity contribution < 1.29 is 23.5 Å². The SMILES string of the molecule is COc1ccc([C@H]2C(C(=O)Nc3ccccc3F)=C(C)NC3=C2C(=O)CCC3)cc1OC. The summed E-state index contributed by atoms with van der Waals surface area (Å²) in [6.07, 6.45) is 1.91. The van der Waals surface area contributed by atoms with Crippen LogP contribution in [0.4, 0.5) is 10.1 Å². The van der Waals surface area contributed by atoms with Crippen molar-refractivity contribution in [2.24, 2.45) is 0 Å². The van der Waals surface area contributed by atoms with Gasteiger partial charge in [0.2, 0.25) is 0 Å². The van der Waals surface area contributed by atoms with Crippen LogP contribution in [0.25, 0.3) is 0 Å². The molecule has 0 bridgehead atoms. The molecule has 6 nitrogen and oxygen atoms in total. The lowest BCUT2D eigenvalue weighted by molar-refractivity contribution is -0.116. The van der Waals surface area contributed by atoms with Crippen LogP contribution in [0.2, 0.25) is 0 Å². The molecule has 2 N–H and O–H groups in total. The number of nitrogens with one attached hydrogen (secondary N) is 2. The number of hydrogen-bond donors (Lipinski definition) is 2. The maximum atomic E-state index is 14.2. The van der Waals surface area contributed by atoms with Crippen molar-refractivity contribution in [2.75, 3.05) is 19.5 Å². The van der Waals surface area contributed by atoms with Crippen molar-refractivity contribution in [3.05, 3.63) is 76.4 Å². The highest BCUT2D eigenvalue weighted by molar-refractivity contribution is 6.09. The zero-order valence-electron chi connectivity index (χ0n) is 18.3. The standard InChI is InChI=1S/C25H25FN2O4/c1-14-22(25(30)28-17-8-5-4-7-16(17)26)23(24-18(27-14)9-6-10-19(24)29)15-11-12-20(31-2)21(13-15)32-3/h4-5,7-8,11-13,23,27H,6,9-10H2,1-3H3,(H,28,30)/t23-/m0/s1. The molecule has 1 heterocycles. The fraction of sp³-hybridized carbons (Fsp3) is 0.280. The van der Waals surface area contributed by atoms with Gasteiger partial charge >= 0.3 is 0 Å². The van der Waals surface area contributed by atoms with E-state index in [-0.39, 0.29) is 11.5 Å². The van der Waals surface area contributed by atoms with Crippen molar-refractivity contribution in [2.45, 2.75) is 32.1 Å². The first-order valence-corrected chi connectivity index (χ1v) is 10.5. The first kappa shape index (κ1) is 21.6. The smallest absolute Gasteiger partial charge is 0.254 e. The Kier molecular flexibility index (Phi) is 5.99. The van der Waals surface area contributed by atoms with Gasteiger partial charge in [0, 0.05) is 34.9 Å². The molecule has 0 saturated heterocycles. The molecule has 32 heavy (non-hydrogen) atoms. The Morgan fingerprint density at radius 3 is 2.56 bits per heavy atom. The predicted molar refractivity (Wildman–Crippen MR) is 119 cm³/mol. The van der Waals surface area contributed by atoms with E-state index in [1.807, 2.05) is 6.07 Å². The Labute approximate surface area is 186 Å². The molecule has 1 aliphatic carbocycles. The Hall–Kier alpha value is -3.61. The molecule has 1 amide bonds. The molecular weight excluding hydrogens is 411 g/mol. The van der Waals surface area contributed by atoms with Gasteiger partial charge in [-0.05, 0) is 49.6 Å². The molecule has 0 radical (unpaired) electrons. The molecular formula is C25H25FN2O4. The van der Waals surface area contributed by atoms with E-state index in [4.69, 9.17) is 9.47 Å². The molecule has 166 valence electrons. The number of amides is 1. The van der Waals surface area contributed by atoms with Gasteiger partial charge in [-0.1, -0.05) is 18.2 Å². The van der Waals surface area contributed by atoms with E-state index >= 15 is 0 Å². The quantitative estimate of drug-likeness (QED) is 0.724. The predicted octanol–water partition coefficient (Wildman–Crippen LogP) is 4.45. The maximum absolute atomic E-state index is 14.2. The number of carbonyl (C=O) groups is 2. The zero-order valence-corrected chi connectivity index (χ0v) is 18.3. The summed E-state index contributed by atoms with van der Waals surface area (Å²) in [6, 6.07) is 11.4. The van der Waals surface area contributed by atoms with Gasteiger partial charge in [-0.3, -0.25) is 9.59 Å². The van der Waals surface area contributed by atoms with Crippen LogP contribution >= 0.6 is 0 Å². The zero-order chi connectivity index (χ0) is 22.8. The second-order valence-electron chi connectivity index (χ2n) is 7.81. The van der Waals surface area contributed by atoms with E-state index < -0.39 is 17.6 Å². The highest BCUT2D eigenvalue weighted by atomic mass is 19.1. The molecule has 2 aromatic rings. The van der Waals surface area contributed by atoms with Crippen LogP contribution in [0.5, 0.6) is 11.5 Å². The summed E-state index contributed by atoms with van der Waals surface area (Å²) in [4.78, 5) is 26.4. The molecule has 0 saturated carbocycles. The van der Waals surface area contributed by atoms with Crippen molar-refractivity contribution in [1.82, 2.24) is 5.32 Å². The van der Waals surface area contributed by atoms with E-state index in [2.05, 4.69) is 10.6 Å². The van der Waals surface area contributed by atoms with E-state index in [9.17, 15) is 14.0 Å². The third kappa shape index (κ3) is 3.86. The molecule has 1 atom stereocenters. The monoisotopic (exact) mass is 436 g/mol. The minimum atomic E-state index is -0.606. The van der Waals surface area contributed by atoms with Crippen LogP contribution in [0.1, 0.15) is 37.7 Å². The minimum Gasteiger partial charge on any atom is -0.493 e. The summed E-state index contributed by atoms with van der Waals surface area (Å²) in [7, 11) is 3.08. The number of benzene rings is 2. The Bertz CT molecular complexity index is 1150. The average molecular weight is 436 g/mol. The number of para-hydroxylation sites is 1. The Morgan fingerprint density at radius 2 is 1.84 bits per heavy atom. The number of carbonyl (C=O) groups excluding carboxylic acids is 2. The van der Waals surface area contributed by atoms with Crippen LogP contribution in [-0.2, 0) is 9.59 Å². The maximum Gasteiger partial charge on any atom is 0.254 e. The molecule has 0 unspecified atom stereocenters. The fourth-order valence-corrected chi connectivity index (χ4v) is 4.40. The van der Waals surface area contributed by atoms with E-state index in [1.54, 1.807) is 38.3 Å². The summed E-state index contributed by atoms with van der Waals surface area (Å²) >= 11 is 0. The lowest BCUT2D eigenvalue weighted by Gasteiger charge is -2.34. The van der Waals surface area contributed by atoms with Crippen LogP contribution in [0, 0.1) is 5.82 Å². The molecule has 0 fully saturated rings. The lowest BCUT2D eigenvalue weighted by atomic mass is 9.75. The van der Waals surface area contributed by atoms with Gasteiger partial charge in [0.15, 0.2) is 17.3 Å². The number of ketones is 1. The minimum absolute atomic E-state index is 0.00206. The van der Waals surface area contributed by atoms with E-state index in [1.165, 1.54) is 19.2 Å². The summed E-state index contributed by atoms with van der Waals surface area (Å²) < 4.78 is 25.0. The second kappa shape index (κ2) is 8.86. The van der Waals surface area contributed by atoms with Crippen LogP contribution in [-0.4, -0.2) is 25.9 Å². The van der Waals surface area contributed by atoms with Crippen LogP contribution in [0.15, 0.2) is 65.0 Å². The Morgan fingerprint density at radius 1 is 1.09 bits per heavy atom. The van der Waals surface area contributed by atoms with Crippen LogP contribution in [0.3, 0.4) is 0 Å². The highest BCUT2D eigenvalue weighted by Crippen LogP contribution is 2.44. The first-order chi connectivity index (χ1) is 15.4. The molecule has 2 aromatic carbocycles. The third-order valence-corrected chi connectivity index (χ3v) is 5.88. The topological polar surface area (TPSA) is 76.7 Å². The average Bonchev–Trinajstić information content (AvgIpc) is 2.79. The number of allylic oxidation sites excluding steroid dienone is 3. The fourth-order valence-electron chi connectivity index (χ4n) is 4.40. The number of methoxy groups -OCH3 is 2. The van der Waals surface area contributed by atoms with Gasteiger partial charge in [0.05, 0.1) is 19.9 Å². The number of anilines is 1. The van der Waals surface area contributed by atoms with Crippen molar-refractivity contribution in [3.63, 3.8) is 0 Å². The van der Waals surface area contributed by atoms with Crippen molar-refractivity contribution >= 4 is 17.4 Å². The van der Waals surface area contributed by atoms with Crippen molar-refractivity contribution in [1.29, 1.82) is 0 Å². The number of dihydropyridines is 1. The van der Waals surface area contributed by atoms with Gasteiger partial charge in [0.25, 0.3) is 5.91 Å². The molecule has 0 aromatic heterocycles. The highest BCUT2D eigenvalue weighted by Gasteiger charge is 2.38. The molecule has 7 heteroatoms. The van der Waals surface area contributed by atoms with E-state index in [0.29, 0.717) is 34.8 Å². The van der Waals surface area contributed by atoms with Crippen molar-refractivity contribution in [3.8, 4) is 11.5 Å². The third-order valence-electron chi connectivity index (χ3n) is 5.88. The largest absolute Gasteiger partial charge is 0.493 e. The summed E-state index contributed by atoms with van der Waals surface area (Å²) in [5.41, 5.74) is 3.22. The summed E-state index contributed by atoms with van der Waals surface area (Å²) in [5, 5.41) is 5.93. The number of hydrogen-bond acceptors (Lipinski definition) is 5. The van der Waals surface area contributed by atoms with Gasteiger partial charge in [-0.15, -0.1) is 0 Å².